The molecular weight excluding hydrogens is 326 g/mol. The van der Waals surface area contributed by atoms with Gasteiger partial charge in [0.2, 0.25) is 5.91 Å². The van der Waals surface area contributed by atoms with Crippen molar-refractivity contribution in [3.63, 3.8) is 0 Å². The maximum Gasteiger partial charge on any atom is 0.267 e. The van der Waals surface area contributed by atoms with Crippen LogP contribution in [0.3, 0.4) is 0 Å². The van der Waals surface area contributed by atoms with Crippen molar-refractivity contribution in [1.29, 1.82) is 0 Å². The van der Waals surface area contributed by atoms with Crippen LogP contribution in [-0.2, 0) is 17.9 Å². The van der Waals surface area contributed by atoms with Gasteiger partial charge in [-0.3, -0.25) is 9.59 Å². The molecule has 1 amide bonds. The fourth-order valence-corrected chi connectivity index (χ4v) is 2.66. The van der Waals surface area contributed by atoms with Crippen LogP contribution in [-0.4, -0.2) is 15.7 Å². The number of carbonyl (C=O) groups excluding carboxylic acids is 1. The predicted octanol–water partition coefficient (Wildman–Crippen LogP) is 2.84. The molecule has 1 N–H and O–H groups in total. The summed E-state index contributed by atoms with van der Waals surface area (Å²) in [6, 6.07) is 18.9. The maximum atomic E-state index is 12.2. The Kier molecular flexibility index (Phi) is 5.27. The number of aromatic nitrogens is 2. The molecule has 0 aliphatic heterocycles. The molecule has 3 rings (SSSR count). The van der Waals surface area contributed by atoms with Gasteiger partial charge in [0.25, 0.3) is 5.56 Å². The summed E-state index contributed by atoms with van der Waals surface area (Å²) in [7, 11) is 0. The van der Waals surface area contributed by atoms with Crippen molar-refractivity contribution in [1.82, 2.24) is 15.1 Å². The van der Waals surface area contributed by atoms with Gasteiger partial charge in [-0.25, -0.2) is 4.68 Å². The molecule has 5 nitrogen and oxygen atoms in total. The predicted molar refractivity (Wildman–Crippen MR) is 102 cm³/mol. The van der Waals surface area contributed by atoms with Gasteiger partial charge in [0.05, 0.1) is 5.69 Å². The van der Waals surface area contributed by atoms with Crippen LogP contribution in [0.5, 0.6) is 0 Å². The van der Waals surface area contributed by atoms with Crippen LogP contribution >= 0.6 is 0 Å². The molecule has 0 radical (unpaired) electrons. The van der Waals surface area contributed by atoms with E-state index in [0.717, 1.165) is 16.7 Å². The van der Waals surface area contributed by atoms with E-state index >= 15 is 0 Å². The third-order valence-electron chi connectivity index (χ3n) is 4.19. The van der Waals surface area contributed by atoms with Gasteiger partial charge in [0.15, 0.2) is 0 Å². The van der Waals surface area contributed by atoms with Crippen LogP contribution in [0.15, 0.2) is 65.5 Å². The molecule has 2 aromatic carbocycles. The Morgan fingerprint density at radius 1 is 1.00 bits per heavy atom. The van der Waals surface area contributed by atoms with E-state index in [9.17, 15) is 9.59 Å². The number of aryl methyl sites for hydroxylation is 2. The lowest BCUT2D eigenvalue weighted by atomic mass is 10.1. The van der Waals surface area contributed by atoms with E-state index in [4.69, 9.17) is 0 Å². The second-order valence-electron chi connectivity index (χ2n) is 6.29. The minimum absolute atomic E-state index is 0.107. The highest BCUT2D eigenvalue weighted by atomic mass is 16.2. The lowest BCUT2D eigenvalue weighted by Gasteiger charge is -2.10. The minimum atomic E-state index is -0.298. The zero-order chi connectivity index (χ0) is 18.5. The topological polar surface area (TPSA) is 64.0 Å². The Morgan fingerprint density at radius 2 is 1.73 bits per heavy atom. The summed E-state index contributed by atoms with van der Waals surface area (Å²) < 4.78 is 1.20. The van der Waals surface area contributed by atoms with Gasteiger partial charge in [-0.1, -0.05) is 54.1 Å². The molecule has 0 saturated carbocycles. The molecule has 132 valence electrons. The number of rotatable bonds is 5. The Hall–Kier alpha value is -3.21. The first kappa shape index (κ1) is 17.6. The molecule has 3 aromatic rings. The standard InChI is InChI=1S/C21H21N3O2/c1-15-7-9-17(10-8-15)13-22-20(25)14-24-21(26)12-11-19(23-24)18-6-4-3-5-16(18)2/h3-12H,13-14H2,1-2H3,(H,22,25). The smallest absolute Gasteiger partial charge is 0.267 e. The minimum Gasteiger partial charge on any atom is -0.350 e. The molecule has 0 spiro atoms. The first-order valence-corrected chi connectivity index (χ1v) is 8.49. The molecule has 26 heavy (non-hydrogen) atoms. The highest BCUT2D eigenvalue weighted by Gasteiger charge is 2.09. The number of hydrogen-bond acceptors (Lipinski definition) is 3. The average Bonchev–Trinajstić information content (AvgIpc) is 2.64. The molecule has 0 atom stereocenters. The van der Waals surface area contributed by atoms with Crippen LogP contribution in [0.2, 0.25) is 0 Å². The fraction of sp³-hybridized carbons (Fsp3) is 0.190. The van der Waals surface area contributed by atoms with Gasteiger partial charge in [-0.05, 0) is 31.0 Å². The Balaban J connectivity index is 1.72. The molecule has 0 fully saturated rings. The summed E-state index contributed by atoms with van der Waals surface area (Å²) in [5.74, 6) is -0.248. The maximum absolute atomic E-state index is 12.2. The molecule has 0 bridgehead atoms. The number of benzene rings is 2. The highest BCUT2D eigenvalue weighted by molar-refractivity contribution is 5.75. The summed E-state index contributed by atoms with van der Waals surface area (Å²) in [6.45, 7) is 4.32. The largest absolute Gasteiger partial charge is 0.350 e. The lowest BCUT2D eigenvalue weighted by Crippen LogP contribution is -2.33. The molecule has 1 heterocycles. The van der Waals surface area contributed by atoms with Crippen molar-refractivity contribution in [2.75, 3.05) is 0 Å². The first-order valence-electron chi connectivity index (χ1n) is 8.49. The molecule has 5 heteroatoms. The van der Waals surface area contributed by atoms with Crippen molar-refractivity contribution in [2.45, 2.75) is 26.9 Å². The van der Waals surface area contributed by atoms with E-state index < -0.39 is 0 Å². The van der Waals surface area contributed by atoms with Gasteiger partial charge in [-0.2, -0.15) is 5.10 Å². The Labute approximate surface area is 152 Å². The van der Waals surface area contributed by atoms with E-state index in [1.165, 1.54) is 16.3 Å². The van der Waals surface area contributed by atoms with E-state index in [0.29, 0.717) is 12.2 Å². The van der Waals surface area contributed by atoms with E-state index in [2.05, 4.69) is 10.4 Å². The molecular formula is C21H21N3O2. The van der Waals surface area contributed by atoms with Crippen LogP contribution in [0.4, 0.5) is 0 Å². The van der Waals surface area contributed by atoms with Gasteiger partial charge >= 0.3 is 0 Å². The fourth-order valence-electron chi connectivity index (χ4n) is 2.66. The summed E-state index contributed by atoms with van der Waals surface area (Å²) in [5.41, 5.74) is 4.57. The van der Waals surface area contributed by atoms with Gasteiger partial charge in [0.1, 0.15) is 6.54 Å². The van der Waals surface area contributed by atoms with E-state index in [-0.39, 0.29) is 18.0 Å². The summed E-state index contributed by atoms with van der Waals surface area (Å²) in [5, 5.41) is 7.18. The van der Waals surface area contributed by atoms with Crippen LogP contribution < -0.4 is 10.9 Å². The SMILES string of the molecule is Cc1ccc(CNC(=O)Cn2nc(-c3ccccc3C)ccc2=O)cc1. The number of nitrogens with zero attached hydrogens (tertiary/aromatic N) is 2. The first-order chi connectivity index (χ1) is 12.5. The Bertz CT molecular complexity index is 975. The van der Waals surface area contributed by atoms with Crippen LogP contribution in [0, 0.1) is 13.8 Å². The molecule has 0 unspecified atom stereocenters. The third-order valence-corrected chi connectivity index (χ3v) is 4.19. The third kappa shape index (κ3) is 4.25. The van der Waals surface area contributed by atoms with Crippen molar-refractivity contribution in [2.24, 2.45) is 0 Å². The van der Waals surface area contributed by atoms with Crippen LogP contribution in [0.1, 0.15) is 16.7 Å². The van der Waals surface area contributed by atoms with E-state index in [1.54, 1.807) is 6.07 Å². The normalized spacial score (nSPS) is 10.5. The molecule has 0 aliphatic rings. The monoisotopic (exact) mass is 347 g/mol. The summed E-state index contributed by atoms with van der Waals surface area (Å²) in [6.07, 6.45) is 0. The second kappa shape index (κ2) is 7.78. The second-order valence-corrected chi connectivity index (χ2v) is 6.29. The molecule has 1 aromatic heterocycles. The van der Waals surface area contributed by atoms with Crippen LogP contribution in [0.25, 0.3) is 11.3 Å². The highest BCUT2D eigenvalue weighted by Crippen LogP contribution is 2.19. The summed E-state index contributed by atoms with van der Waals surface area (Å²) >= 11 is 0. The quantitative estimate of drug-likeness (QED) is 0.772. The van der Waals surface area contributed by atoms with Gasteiger partial charge in [-0.15, -0.1) is 0 Å². The van der Waals surface area contributed by atoms with Crippen molar-refractivity contribution >= 4 is 5.91 Å². The number of hydrogen-bond donors (Lipinski definition) is 1. The summed E-state index contributed by atoms with van der Waals surface area (Å²) in [4.78, 5) is 24.3. The van der Waals surface area contributed by atoms with Crippen molar-refractivity contribution < 1.29 is 4.79 Å². The Morgan fingerprint density at radius 3 is 2.46 bits per heavy atom. The average molecular weight is 347 g/mol. The van der Waals surface area contributed by atoms with Crippen molar-refractivity contribution in [3.8, 4) is 11.3 Å². The van der Waals surface area contributed by atoms with Gasteiger partial charge in [0, 0.05) is 18.2 Å². The zero-order valence-electron chi connectivity index (χ0n) is 14.9. The lowest BCUT2D eigenvalue weighted by molar-refractivity contribution is -0.122. The van der Waals surface area contributed by atoms with Crippen molar-refractivity contribution in [3.05, 3.63) is 87.7 Å². The number of amides is 1. The zero-order valence-corrected chi connectivity index (χ0v) is 14.9. The molecule has 0 saturated heterocycles. The van der Waals surface area contributed by atoms with E-state index in [1.807, 2.05) is 62.4 Å². The molecule has 0 aliphatic carbocycles. The van der Waals surface area contributed by atoms with Gasteiger partial charge < -0.3 is 5.32 Å². The number of carbonyl (C=O) groups is 1. The number of nitrogens with one attached hydrogen (secondary N) is 1.